The molecule has 0 saturated carbocycles. The molecule has 4 rings (SSSR count). The van der Waals surface area contributed by atoms with Gasteiger partial charge in [0, 0.05) is 30.2 Å². The van der Waals surface area contributed by atoms with Gasteiger partial charge in [-0.05, 0) is 37.5 Å². The van der Waals surface area contributed by atoms with Gasteiger partial charge in [-0.2, -0.15) is 0 Å². The van der Waals surface area contributed by atoms with Crippen molar-refractivity contribution in [3.05, 3.63) is 52.4 Å². The van der Waals surface area contributed by atoms with E-state index in [4.69, 9.17) is 17.3 Å². The number of carbonyl (C=O) groups excluding carboxylic acids is 1. The van der Waals surface area contributed by atoms with Crippen LogP contribution in [0.5, 0.6) is 0 Å². The van der Waals surface area contributed by atoms with Crippen LogP contribution >= 0.6 is 27.5 Å². The van der Waals surface area contributed by atoms with E-state index in [1.54, 1.807) is 6.33 Å². The minimum Gasteiger partial charge on any atom is -0.356 e. The van der Waals surface area contributed by atoms with Gasteiger partial charge in [0.15, 0.2) is 0 Å². The average Bonchev–Trinajstić information content (AvgIpc) is 3.10. The van der Waals surface area contributed by atoms with Gasteiger partial charge >= 0.3 is 0 Å². The number of carbonyl (C=O) groups is 1. The minimum absolute atomic E-state index is 0.0433. The Balaban J connectivity index is 1.41. The molecule has 1 fully saturated rings. The summed E-state index contributed by atoms with van der Waals surface area (Å²) in [5.41, 5.74) is 8.72. The van der Waals surface area contributed by atoms with E-state index in [1.807, 2.05) is 31.2 Å². The second-order valence-electron chi connectivity index (χ2n) is 7.69. The van der Waals surface area contributed by atoms with Gasteiger partial charge in [0.1, 0.15) is 12.1 Å². The third-order valence-electron chi connectivity index (χ3n) is 5.77. The number of rotatable bonds is 4. The first kappa shape index (κ1) is 20.5. The van der Waals surface area contributed by atoms with Gasteiger partial charge in [0.05, 0.1) is 22.2 Å². The lowest BCUT2D eigenvalue weighted by Gasteiger charge is -2.39. The van der Waals surface area contributed by atoms with Crippen molar-refractivity contribution in [2.24, 2.45) is 5.73 Å². The normalized spacial score (nSPS) is 21.5. The Morgan fingerprint density at radius 1 is 1.34 bits per heavy atom. The van der Waals surface area contributed by atoms with E-state index in [-0.39, 0.29) is 16.9 Å². The molecule has 2 atom stereocenters. The SMILES string of the molecule is C[C@H](NC(=O)C1(N)CCN(c2ncnc3c2C(Br)NC3)CC1)c1ccc(Cl)cc1. The number of aromatic nitrogens is 2. The predicted octanol–water partition coefficient (Wildman–Crippen LogP) is 2.80. The van der Waals surface area contributed by atoms with Crippen molar-refractivity contribution in [3.63, 3.8) is 0 Å². The average molecular weight is 480 g/mol. The largest absolute Gasteiger partial charge is 0.356 e. The zero-order valence-corrected chi connectivity index (χ0v) is 18.5. The summed E-state index contributed by atoms with van der Waals surface area (Å²) in [6.45, 7) is 4.01. The lowest BCUT2D eigenvalue weighted by Crippen LogP contribution is -2.60. The van der Waals surface area contributed by atoms with E-state index < -0.39 is 5.54 Å². The molecule has 0 aliphatic carbocycles. The zero-order valence-electron chi connectivity index (χ0n) is 16.2. The summed E-state index contributed by atoms with van der Waals surface area (Å²) in [6, 6.07) is 7.34. The Bertz CT molecular complexity index is 900. The predicted molar refractivity (Wildman–Crippen MR) is 117 cm³/mol. The third kappa shape index (κ3) is 4.12. The van der Waals surface area contributed by atoms with Crippen LogP contribution in [0.2, 0.25) is 5.02 Å². The van der Waals surface area contributed by atoms with Gasteiger partial charge in [0.2, 0.25) is 5.91 Å². The number of hydrogen-bond donors (Lipinski definition) is 3. The van der Waals surface area contributed by atoms with Gasteiger partial charge in [-0.25, -0.2) is 9.97 Å². The molecule has 7 nitrogen and oxygen atoms in total. The number of nitrogens with two attached hydrogens (primary N) is 1. The summed E-state index contributed by atoms with van der Waals surface area (Å²) in [4.78, 5) is 24.0. The van der Waals surface area contributed by atoms with Crippen LogP contribution in [0.1, 0.15) is 47.6 Å². The van der Waals surface area contributed by atoms with Gasteiger partial charge < -0.3 is 16.0 Å². The number of nitrogens with zero attached hydrogens (tertiary/aromatic N) is 3. The summed E-state index contributed by atoms with van der Waals surface area (Å²) in [6.07, 6.45) is 2.72. The molecular weight excluding hydrogens is 456 g/mol. The van der Waals surface area contributed by atoms with Crippen LogP contribution in [0, 0.1) is 0 Å². The van der Waals surface area contributed by atoms with Crippen molar-refractivity contribution in [3.8, 4) is 0 Å². The van der Waals surface area contributed by atoms with Gasteiger partial charge in [0.25, 0.3) is 0 Å². The molecule has 2 aliphatic heterocycles. The zero-order chi connectivity index (χ0) is 20.6. The van der Waals surface area contributed by atoms with E-state index >= 15 is 0 Å². The summed E-state index contributed by atoms with van der Waals surface area (Å²) < 4.78 is 0. The second-order valence-corrected chi connectivity index (χ2v) is 9.04. The van der Waals surface area contributed by atoms with Crippen molar-refractivity contribution < 1.29 is 4.79 Å². The maximum Gasteiger partial charge on any atom is 0.240 e. The van der Waals surface area contributed by atoms with Crippen LogP contribution in [-0.2, 0) is 11.3 Å². The molecule has 3 heterocycles. The number of halogens is 2. The molecule has 1 saturated heterocycles. The summed E-state index contributed by atoms with van der Waals surface area (Å²) in [7, 11) is 0. The highest BCUT2D eigenvalue weighted by atomic mass is 79.9. The molecule has 4 N–H and O–H groups in total. The standard InChI is InChI=1S/C20H24BrClN6O/c1-12(13-2-4-14(22)5-3-13)27-19(29)20(23)6-8-28(9-7-20)18-16-15(25-11-26-18)10-24-17(16)21/h2-5,11-12,17,24H,6-10,23H2,1H3,(H,27,29)/t12-,17?/m0/s1. The number of amides is 1. The fourth-order valence-corrected chi connectivity index (χ4v) is 4.64. The lowest BCUT2D eigenvalue weighted by molar-refractivity contribution is -0.127. The van der Waals surface area contributed by atoms with Gasteiger partial charge in [-0.1, -0.05) is 39.7 Å². The fourth-order valence-electron chi connectivity index (χ4n) is 3.88. The Hall–Kier alpha value is -1.74. The van der Waals surface area contributed by atoms with Gasteiger partial charge in [-0.3, -0.25) is 10.1 Å². The van der Waals surface area contributed by atoms with Crippen molar-refractivity contribution in [2.75, 3.05) is 18.0 Å². The molecule has 154 valence electrons. The summed E-state index contributed by atoms with van der Waals surface area (Å²) in [5.74, 6) is 0.798. The number of fused-ring (bicyclic) bond motifs is 1. The first-order valence-corrected chi connectivity index (χ1v) is 11.0. The number of hydrogen-bond acceptors (Lipinski definition) is 6. The van der Waals surface area contributed by atoms with E-state index in [0.717, 1.165) is 29.2 Å². The van der Waals surface area contributed by atoms with Crippen LogP contribution in [-0.4, -0.2) is 34.5 Å². The highest BCUT2D eigenvalue weighted by Gasteiger charge is 2.39. The number of piperidine rings is 1. The van der Waals surface area contributed by atoms with Crippen molar-refractivity contribution in [1.29, 1.82) is 0 Å². The quantitative estimate of drug-likeness (QED) is 0.461. The molecule has 2 aliphatic rings. The van der Waals surface area contributed by atoms with E-state index in [1.165, 1.54) is 0 Å². The molecule has 1 unspecified atom stereocenters. The molecular formula is C20H24BrClN6O. The van der Waals surface area contributed by atoms with Crippen LogP contribution in [0.4, 0.5) is 5.82 Å². The first-order valence-electron chi connectivity index (χ1n) is 9.69. The Labute approximate surface area is 183 Å². The Morgan fingerprint density at radius 3 is 2.72 bits per heavy atom. The summed E-state index contributed by atoms with van der Waals surface area (Å²) in [5, 5.41) is 7.06. The monoisotopic (exact) mass is 478 g/mol. The van der Waals surface area contributed by atoms with Crippen LogP contribution in [0.25, 0.3) is 0 Å². The lowest BCUT2D eigenvalue weighted by atomic mass is 9.87. The van der Waals surface area contributed by atoms with Crippen LogP contribution in [0.15, 0.2) is 30.6 Å². The molecule has 1 aromatic carbocycles. The number of anilines is 1. The number of alkyl halides is 1. The van der Waals surface area contributed by atoms with E-state index in [2.05, 4.69) is 41.4 Å². The molecule has 0 radical (unpaired) electrons. The molecule has 0 spiro atoms. The number of nitrogens with one attached hydrogen (secondary N) is 2. The first-order chi connectivity index (χ1) is 13.9. The fraction of sp³-hybridized carbons (Fsp3) is 0.450. The van der Waals surface area contributed by atoms with Crippen molar-refractivity contribution in [2.45, 2.75) is 42.8 Å². The van der Waals surface area contributed by atoms with Crippen LogP contribution in [0.3, 0.4) is 0 Å². The van der Waals surface area contributed by atoms with E-state index in [0.29, 0.717) is 31.0 Å². The highest BCUT2D eigenvalue weighted by molar-refractivity contribution is 9.09. The van der Waals surface area contributed by atoms with E-state index in [9.17, 15) is 4.79 Å². The third-order valence-corrected chi connectivity index (χ3v) is 6.81. The molecule has 1 amide bonds. The number of benzene rings is 1. The van der Waals surface area contributed by atoms with Crippen molar-refractivity contribution >= 4 is 39.3 Å². The maximum absolute atomic E-state index is 12.9. The molecule has 0 bridgehead atoms. The van der Waals surface area contributed by atoms with Crippen LogP contribution < -0.4 is 21.3 Å². The molecule has 2 aromatic rings. The van der Waals surface area contributed by atoms with Gasteiger partial charge in [-0.15, -0.1) is 0 Å². The maximum atomic E-state index is 12.9. The molecule has 9 heteroatoms. The minimum atomic E-state index is -0.889. The van der Waals surface area contributed by atoms with Crippen molar-refractivity contribution in [1.82, 2.24) is 20.6 Å². The Morgan fingerprint density at radius 2 is 2.03 bits per heavy atom. The summed E-state index contributed by atoms with van der Waals surface area (Å²) >= 11 is 9.59. The highest BCUT2D eigenvalue weighted by Crippen LogP contribution is 2.36. The second kappa shape index (κ2) is 8.18. The molecule has 1 aromatic heterocycles. The smallest absolute Gasteiger partial charge is 0.240 e. The topological polar surface area (TPSA) is 96.2 Å². The Kier molecular flexibility index (Phi) is 5.79. The molecule has 29 heavy (non-hydrogen) atoms.